The molecule has 0 aromatic heterocycles. The Kier molecular flexibility index (Phi) is 3.54. The molecule has 2 fully saturated rings. The number of nitrogens with one attached hydrogen (secondary N) is 1. The van der Waals surface area contributed by atoms with Gasteiger partial charge in [0.05, 0.1) is 18.8 Å². The molecule has 1 aliphatic heterocycles. The van der Waals surface area contributed by atoms with Crippen LogP contribution in [-0.4, -0.2) is 42.3 Å². The van der Waals surface area contributed by atoms with Crippen molar-refractivity contribution in [2.45, 2.75) is 57.0 Å². The van der Waals surface area contributed by atoms with Crippen LogP contribution in [0.25, 0.3) is 0 Å². The zero-order chi connectivity index (χ0) is 11.6. The van der Waals surface area contributed by atoms with E-state index in [4.69, 9.17) is 9.47 Å². The summed E-state index contributed by atoms with van der Waals surface area (Å²) in [6.07, 6.45) is 3.11. The summed E-state index contributed by atoms with van der Waals surface area (Å²) in [7, 11) is 0. The van der Waals surface area contributed by atoms with Crippen LogP contribution in [0.1, 0.15) is 39.5 Å². The number of rotatable bonds is 3. The van der Waals surface area contributed by atoms with Crippen LogP contribution in [0.15, 0.2) is 0 Å². The first-order valence-corrected chi connectivity index (χ1v) is 6.34. The fraction of sp³-hybridized carbons (Fsp3) is 1.00. The highest BCUT2D eigenvalue weighted by atomic mass is 16.7. The predicted molar refractivity (Wildman–Crippen MR) is 61.2 cm³/mol. The first-order valence-electron chi connectivity index (χ1n) is 6.34. The quantitative estimate of drug-likeness (QED) is 0.759. The highest BCUT2D eigenvalue weighted by Gasteiger charge is 2.47. The third-order valence-corrected chi connectivity index (χ3v) is 4.01. The molecule has 1 aliphatic carbocycles. The van der Waals surface area contributed by atoms with E-state index in [0.29, 0.717) is 13.2 Å². The number of likely N-dealkylation sites (N-methyl/N-ethyl adjacent to an activating group) is 1. The van der Waals surface area contributed by atoms with Crippen LogP contribution in [0.4, 0.5) is 0 Å². The lowest BCUT2D eigenvalue weighted by molar-refractivity contribution is -0.205. The van der Waals surface area contributed by atoms with Crippen molar-refractivity contribution >= 4 is 0 Å². The monoisotopic (exact) mass is 229 g/mol. The summed E-state index contributed by atoms with van der Waals surface area (Å²) in [6, 6.07) is 0.135. The van der Waals surface area contributed by atoms with Gasteiger partial charge >= 0.3 is 0 Å². The molecule has 1 spiro atoms. The maximum Gasteiger partial charge on any atom is 0.168 e. The molecule has 1 heterocycles. The van der Waals surface area contributed by atoms with Crippen LogP contribution in [0.5, 0.6) is 0 Å². The van der Waals surface area contributed by atoms with Crippen molar-refractivity contribution in [2.75, 3.05) is 19.8 Å². The molecule has 2 N–H and O–H groups in total. The van der Waals surface area contributed by atoms with Crippen LogP contribution in [0.2, 0.25) is 0 Å². The molecule has 1 unspecified atom stereocenters. The topological polar surface area (TPSA) is 50.7 Å². The predicted octanol–water partition coefficient (Wildman–Crippen LogP) is 1.03. The molecule has 0 aromatic carbocycles. The van der Waals surface area contributed by atoms with Crippen molar-refractivity contribution in [2.24, 2.45) is 0 Å². The molecule has 0 bridgehead atoms. The lowest BCUT2D eigenvalue weighted by Crippen LogP contribution is -2.54. The Morgan fingerprint density at radius 3 is 2.25 bits per heavy atom. The van der Waals surface area contributed by atoms with Crippen LogP contribution >= 0.6 is 0 Å². The molecule has 1 saturated heterocycles. The van der Waals surface area contributed by atoms with E-state index in [0.717, 1.165) is 32.2 Å². The van der Waals surface area contributed by atoms with E-state index in [-0.39, 0.29) is 11.8 Å². The van der Waals surface area contributed by atoms with Gasteiger partial charge in [-0.2, -0.15) is 0 Å². The third-order valence-electron chi connectivity index (χ3n) is 4.01. The average molecular weight is 229 g/mol. The molecule has 1 atom stereocenters. The standard InChI is InChI=1S/C12H23NO3/c1-3-13-10(2)11(14)4-6-12(7-5-11)15-8-9-16-12/h10,13-14H,3-9H2,1-2H3. The zero-order valence-corrected chi connectivity index (χ0v) is 10.3. The van der Waals surface area contributed by atoms with Gasteiger partial charge in [0.1, 0.15) is 0 Å². The summed E-state index contributed by atoms with van der Waals surface area (Å²) < 4.78 is 11.3. The Bertz CT molecular complexity index is 228. The van der Waals surface area contributed by atoms with E-state index < -0.39 is 5.60 Å². The molecule has 4 heteroatoms. The van der Waals surface area contributed by atoms with Crippen molar-refractivity contribution in [3.05, 3.63) is 0 Å². The maximum atomic E-state index is 10.5. The van der Waals surface area contributed by atoms with E-state index >= 15 is 0 Å². The minimum absolute atomic E-state index is 0.135. The number of hydrogen-bond donors (Lipinski definition) is 2. The Balaban J connectivity index is 1.92. The Hall–Kier alpha value is -0.160. The van der Waals surface area contributed by atoms with Gasteiger partial charge in [-0.3, -0.25) is 0 Å². The van der Waals surface area contributed by atoms with Gasteiger partial charge in [-0.15, -0.1) is 0 Å². The maximum absolute atomic E-state index is 10.5. The Labute approximate surface area is 97.3 Å². The lowest BCUT2D eigenvalue weighted by Gasteiger charge is -2.43. The van der Waals surface area contributed by atoms with Gasteiger partial charge in [-0.1, -0.05) is 6.92 Å². The number of aliphatic hydroxyl groups is 1. The Morgan fingerprint density at radius 1 is 1.19 bits per heavy atom. The normalized spacial score (nSPS) is 29.4. The van der Waals surface area contributed by atoms with Gasteiger partial charge in [0.2, 0.25) is 0 Å². The van der Waals surface area contributed by atoms with Crippen molar-refractivity contribution in [3.8, 4) is 0 Å². The highest BCUT2D eigenvalue weighted by Crippen LogP contribution is 2.41. The van der Waals surface area contributed by atoms with E-state index in [1.165, 1.54) is 0 Å². The van der Waals surface area contributed by atoms with Crippen LogP contribution in [0.3, 0.4) is 0 Å². The molecule has 4 nitrogen and oxygen atoms in total. The minimum Gasteiger partial charge on any atom is -0.388 e. The smallest absolute Gasteiger partial charge is 0.168 e. The molecular formula is C12H23NO3. The second kappa shape index (κ2) is 4.61. The molecule has 16 heavy (non-hydrogen) atoms. The van der Waals surface area contributed by atoms with Crippen LogP contribution in [-0.2, 0) is 9.47 Å². The lowest BCUT2D eigenvalue weighted by atomic mass is 9.77. The minimum atomic E-state index is -0.601. The average Bonchev–Trinajstić information content (AvgIpc) is 2.73. The molecule has 0 aromatic rings. The molecule has 94 valence electrons. The van der Waals surface area contributed by atoms with Gasteiger partial charge in [-0.25, -0.2) is 0 Å². The van der Waals surface area contributed by atoms with Gasteiger partial charge in [0.25, 0.3) is 0 Å². The van der Waals surface area contributed by atoms with Crippen molar-refractivity contribution in [3.63, 3.8) is 0 Å². The Morgan fingerprint density at radius 2 is 1.75 bits per heavy atom. The second-order valence-electron chi connectivity index (χ2n) is 4.99. The summed E-state index contributed by atoms with van der Waals surface area (Å²) in [4.78, 5) is 0. The molecule has 2 rings (SSSR count). The van der Waals surface area contributed by atoms with Gasteiger partial charge in [-0.05, 0) is 26.3 Å². The molecule has 0 radical (unpaired) electrons. The zero-order valence-electron chi connectivity index (χ0n) is 10.3. The largest absolute Gasteiger partial charge is 0.388 e. The van der Waals surface area contributed by atoms with E-state index in [2.05, 4.69) is 19.2 Å². The summed E-state index contributed by atoms with van der Waals surface area (Å²) in [5.74, 6) is -0.377. The molecular weight excluding hydrogens is 206 g/mol. The fourth-order valence-electron chi connectivity index (χ4n) is 2.78. The highest BCUT2D eigenvalue weighted by molar-refractivity contribution is 4.96. The van der Waals surface area contributed by atoms with Gasteiger partial charge in [0.15, 0.2) is 5.79 Å². The third kappa shape index (κ3) is 2.25. The van der Waals surface area contributed by atoms with E-state index in [1.54, 1.807) is 0 Å². The first kappa shape index (κ1) is 12.3. The first-order chi connectivity index (χ1) is 7.60. The van der Waals surface area contributed by atoms with Gasteiger partial charge in [0, 0.05) is 18.9 Å². The van der Waals surface area contributed by atoms with Crippen LogP contribution < -0.4 is 5.32 Å². The van der Waals surface area contributed by atoms with Crippen molar-refractivity contribution in [1.29, 1.82) is 0 Å². The molecule has 0 amide bonds. The summed E-state index contributed by atoms with van der Waals surface area (Å²) >= 11 is 0. The van der Waals surface area contributed by atoms with Crippen molar-refractivity contribution in [1.82, 2.24) is 5.32 Å². The van der Waals surface area contributed by atoms with E-state index in [1.807, 2.05) is 0 Å². The second-order valence-corrected chi connectivity index (χ2v) is 4.99. The molecule has 1 saturated carbocycles. The SMILES string of the molecule is CCNC(C)C1(O)CCC2(CC1)OCCO2. The van der Waals surface area contributed by atoms with Crippen LogP contribution in [0, 0.1) is 0 Å². The van der Waals surface area contributed by atoms with Gasteiger partial charge < -0.3 is 19.9 Å². The van der Waals surface area contributed by atoms with E-state index in [9.17, 15) is 5.11 Å². The number of hydrogen-bond acceptors (Lipinski definition) is 4. The summed E-state index contributed by atoms with van der Waals surface area (Å²) in [5, 5.41) is 13.8. The summed E-state index contributed by atoms with van der Waals surface area (Å²) in [6.45, 7) is 6.40. The fourth-order valence-corrected chi connectivity index (χ4v) is 2.78. The molecule has 2 aliphatic rings. The summed E-state index contributed by atoms with van der Waals surface area (Å²) in [5.41, 5.74) is -0.601. The van der Waals surface area contributed by atoms with Crippen molar-refractivity contribution < 1.29 is 14.6 Å². The number of ether oxygens (including phenoxy) is 2.